The number of sulfonamides is 1. The van der Waals surface area contributed by atoms with E-state index in [0.717, 1.165) is 12.8 Å². The Hall–Kier alpha value is -1.48. The summed E-state index contributed by atoms with van der Waals surface area (Å²) in [7, 11) is -0.293. The normalized spacial score (nSPS) is 17.8. The Kier molecular flexibility index (Phi) is 8.87. The summed E-state index contributed by atoms with van der Waals surface area (Å²) in [6.45, 7) is 2.93. The van der Waals surface area contributed by atoms with Crippen LogP contribution in [0.4, 0.5) is 0 Å². The third kappa shape index (κ3) is 5.51. The lowest BCUT2D eigenvalue weighted by Crippen LogP contribution is -2.52. The molecule has 1 aliphatic rings. The molecule has 27 heavy (non-hydrogen) atoms. The molecule has 1 saturated heterocycles. The smallest absolute Gasteiger partial charge is 0.243 e. The van der Waals surface area contributed by atoms with Gasteiger partial charge in [0.05, 0.1) is 4.90 Å². The van der Waals surface area contributed by atoms with Crippen molar-refractivity contribution in [2.75, 3.05) is 33.7 Å². The van der Waals surface area contributed by atoms with Gasteiger partial charge in [0.25, 0.3) is 0 Å². The molecule has 152 valence electrons. The molecule has 1 N–H and O–H groups in total. The van der Waals surface area contributed by atoms with Crippen molar-refractivity contribution in [2.45, 2.75) is 37.1 Å². The quantitative estimate of drug-likeness (QED) is 0.680. The number of rotatable bonds is 7. The number of carbonyl (C=O) groups is 2. The first-order chi connectivity index (χ1) is 12.3. The lowest BCUT2D eigenvalue weighted by molar-refractivity contribution is -0.134. The van der Waals surface area contributed by atoms with Crippen LogP contribution in [0.2, 0.25) is 0 Å². The van der Waals surface area contributed by atoms with Gasteiger partial charge in [-0.2, -0.15) is 4.31 Å². The van der Waals surface area contributed by atoms with Crippen molar-refractivity contribution in [1.82, 2.24) is 14.5 Å². The maximum Gasteiger partial charge on any atom is 0.243 e. The second kappa shape index (κ2) is 10.2. The molecule has 0 radical (unpaired) electrons. The van der Waals surface area contributed by atoms with Gasteiger partial charge >= 0.3 is 0 Å². The third-order valence-electron chi connectivity index (χ3n) is 4.68. The Morgan fingerprint density at radius 3 is 2.41 bits per heavy atom. The molecular formula is C18H28ClN3O4S. The Bertz CT molecular complexity index is 752. The Morgan fingerprint density at radius 1 is 1.22 bits per heavy atom. The number of amides is 1. The zero-order valence-electron chi connectivity index (χ0n) is 16.0. The minimum Gasteiger partial charge on any atom is -0.343 e. The molecule has 1 heterocycles. The highest BCUT2D eigenvalue weighted by molar-refractivity contribution is 7.89. The number of likely N-dealkylation sites (N-methyl/N-ethyl adjacent to an activating group) is 2. The van der Waals surface area contributed by atoms with Gasteiger partial charge in [-0.15, -0.1) is 12.4 Å². The fourth-order valence-corrected chi connectivity index (χ4v) is 4.73. The van der Waals surface area contributed by atoms with E-state index in [-0.39, 0.29) is 29.0 Å². The number of piperidine rings is 1. The molecule has 1 unspecified atom stereocenters. The summed E-state index contributed by atoms with van der Waals surface area (Å²) in [6.07, 6.45) is 2.08. The Balaban J connectivity index is 0.00000364. The van der Waals surface area contributed by atoms with Crippen LogP contribution in [0.5, 0.6) is 0 Å². The molecule has 0 aliphatic carbocycles. The molecule has 0 aromatic heterocycles. The van der Waals surface area contributed by atoms with E-state index in [1.54, 1.807) is 19.0 Å². The highest BCUT2D eigenvalue weighted by Gasteiger charge is 2.38. The van der Waals surface area contributed by atoms with Crippen molar-refractivity contribution in [3.05, 3.63) is 29.8 Å². The molecular weight excluding hydrogens is 390 g/mol. The molecule has 0 saturated carbocycles. The summed E-state index contributed by atoms with van der Waals surface area (Å²) in [5.41, 5.74) is 0.460. The average molecular weight is 418 g/mol. The Morgan fingerprint density at radius 2 is 1.85 bits per heavy atom. The second-order valence-corrected chi connectivity index (χ2v) is 8.46. The lowest BCUT2D eigenvalue weighted by atomic mass is 10.0. The SMILES string of the molecule is CNCCN(C)C(=O)C1CCCCN1S(=O)(=O)c1ccc(C(C)=O)cc1.Cl. The van der Waals surface area contributed by atoms with Crippen molar-refractivity contribution in [3.8, 4) is 0 Å². The van der Waals surface area contributed by atoms with Gasteiger partial charge in [0.2, 0.25) is 15.9 Å². The number of hydrogen-bond acceptors (Lipinski definition) is 5. The molecule has 2 rings (SSSR count). The van der Waals surface area contributed by atoms with Gasteiger partial charge in [0, 0.05) is 32.2 Å². The Labute approximate surface area is 167 Å². The zero-order chi connectivity index (χ0) is 19.3. The highest BCUT2D eigenvalue weighted by atomic mass is 35.5. The van der Waals surface area contributed by atoms with E-state index >= 15 is 0 Å². The standard InChI is InChI=1S/C18H27N3O4S.ClH/c1-14(22)15-7-9-16(10-8-15)26(24,25)21-12-5-4-6-17(21)18(23)20(3)13-11-19-2;/h7-10,17,19H,4-6,11-13H2,1-3H3;1H. The van der Waals surface area contributed by atoms with Crippen LogP contribution in [0, 0.1) is 0 Å². The topological polar surface area (TPSA) is 86.8 Å². The molecule has 9 heteroatoms. The van der Waals surface area contributed by atoms with Crippen molar-refractivity contribution in [3.63, 3.8) is 0 Å². The van der Waals surface area contributed by atoms with Gasteiger partial charge in [-0.05, 0) is 38.9 Å². The predicted molar refractivity (Wildman–Crippen MR) is 107 cm³/mol. The number of Topliss-reactive ketones (excluding diaryl/α,β-unsaturated/α-hetero) is 1. The number of nitrogens with zero attached hydrogens (tertiary/aromatic N) is 2. The van der Waals surface area contributed by atoms with Crippen LogP contribution in [0.25, 0.3) is 0 Å². The molecule has 1 aliphatic heterocycles. The van der Waals surface area contributed by atoms with Gasteiger partial charge in [0.1, 0.15) is 6.04 Å². The summed E-state index contributed by atoms with van der Waals surface area (Å²) in [5.74, 6) is -0.296. The maximum atomic E-state index is 13.1. The molecule has 0 bridgehead atoms. The van der Waals surface area contributed by atoms with E-state index in [1.807, 2.05) is 0 Å². The molecule has 1 atom stereocenters. The van der Waals surface area contributed by atoms with Crippen molar-refractivity contribution in [2.24, 2.45) is 0 Å². The molecule has 1 amide bonds. The molecule has 1 fully saturated rings. The molecule has 1 aromatic rings. The van der Waals surface area contributed by atoms with Crippen LogP contribution in [-0.2, 0) is 14.8 Å². The summed E-state index contributed by atoms with van der Waals surface area (Å²) in [4.78, 5) is 25.9. The van der Waals surface area contributed by atoms with Gasteiger partial charge in [-0.25, -0.2) is 8.42 Å². The van der Waals surface area contributed by atoms with Crippen molar-refractivity contribution >= 4 is 34.1 Å². The minimum atomic E-state index is -3.79. The van der Waals surface area contributed by atoms with Crippen LogP contribution >= 0.6 is 12.4 Å². The fourth-order valence-electron chi connectivity index (χ4n) is 3.08. The number of carbonyl (C=O) groups excluding carboxylic acids is 2. The third-order valence-corrected chi connectivity index (χ3v) is 6.60. The number of halogens is 1. The maximum absolute atomic E-state index is 13.1. The van der Waals surface area contributed by atoms with Crippen LogP contribution in [0.1, 0.15) is 36.5 Å². The zero-order valence-corrected chi connectivity index (χ0v) is 17.6. The number of nitrogens with one attached hydrogen (secondary N) is 1. The van der Waals surface area contributed by atoms with E-state index in [0.29, 0.717) is 31.6 Å². The molecule has 1 aromatic carbocycles. The van der Waals surface area contributed by atoms with Gasteiger partial charge in [-0.1, -0.05) is 18.6 Å². The monoisotopic (exact) mass is 417 g/mol. The minimum absolute atomic E-state index is 0. The molecule has 7 nitrogen and oxygen atoms in total. The first-order valence-corrected chi connectivity index (χ1v) is 10.3. The van der Waals surface area contributed by atoms with E-state index in [2.05, 4.69) is 5.32 Å². The summed E-state index contributed by atoms with van der Waals surface area (Å²) in [5, 5.41) is 2.98. The number of benzene rings is 1. The lowest BCUT2D eigenvalue weighted by Gasteiger charge is -2.35. The number of ketones is 1. The first-order valence-electron chi connectivity index (χ1n) is 8.81. The largest absolute Gasteiger partial charge is 0.343 e. The predicted octanol–water partition coefficient (Wildman–Crippen LogP) is 1.53. The summed E-state index contributed by atoms with van der Waals surface area (Å²) in [6, 6.07) is 5.22. The highest BCUT2D eigenvalue weighted by Crippen LogP contribution is 2.26. The van der Waals surface area contributed by atoms with Gasteiger partial charge in [0.15, 0.2) is 5.78 Å². The summed E-state index contributed by atoms with van der Waals surface area (Å²) < 4.78 is 27.5. The van der Waals surface area contributed by atoms with Gasteiger partial charge in [-0.3, -0.25) is 9.59 Å². The van der Waals surface area contributed by atoms with E-state index in [9.17, 15) is 18.0 Å². The average Bonchev–Trinajstić information content (AvgIpc) is 2.65. The van der Waals surface area contributed by atoms with E-state index in [1.165, 1.54) is 35.5 Å². The van der Waals surface area contributed by atoms with Crippen LogP contribution < -0.4 is 5.32 Å². The van der Waals surface area contributed by atoms with Crippen LogP contribution in [-0.4, -0.2) is 69.1 Å². The fraction of sp³-hybridized carbons (Fsp3) is 0.556. The first kappa shape index (κ1) is 23.6. The van der Waals surface area contributed by atoms with E-state index < -0.39 is 16.1 Å². The van der Waals surface area contributed by atoms with Crippen molar-refractivity contribution in [1.29, 1.82) is 0 Å². The second-order valence-electron chi connectivity index (χ2n) is 6.57. The van der Waals surface area contributed by atoms with Crippen molar-refractivity contribution < 1.29 is 18.0 Å². The van der Waals surface area contributed by atoms with Gasteiger partial charge < -0.3 is 10.2 Å². The van der Waals surface area contributed by atoms with Crippen LogP contribution in [0.3, 0.4) is 0 Å². The number of hydrogen-bond donors (Lipinski definition) is 1. The molecule has 0 spiro atoms. The summed E-state index contributed by atoms with van der Waals surface area (Å²) >= 11 is 0. The van der Waals surface area contributed by atoms with Crippen LogP contribution in [0.15, 0.2) is 29.2 Å². The van der Waals surface area contributed by atoms with E-state index in [4.69, 9.17) is 0 Å².